The highest BCUT2D eigenvalue weighted by atomic mass is 16.1. The number of rotatable bonds is 6. The van der Waals surface area contributed by atoms with Gasteiger partial charge in [0.25, 0.3) is 0 Å². The van der Waals surface area contributed by atoms with Gasteiger partial charge < -0.3 is 16.4 Å². The fourth-order valence-electron chi connectivity index (χ4n) is 1.46. The third kappa shape index (κ3) is 4.31. The van der Waals surface area contributed by atoms with E-state index in [4.69, 9.17) is 5.73 Å². The van der Waals surface area contributed by atoms with Gasteiger partial charge in [0.1, 0.15) is 0 Å². The van der Waals surface area contributed by atoms with Gasteiger partial charge in [-0.3, -0.25) is 4.79 Å². The first-order valence-corrected chi connectivity index (χ1v) is 5.54. The van der Waals surface area contributed by atoms with Crippen molar-refractivity contribution < 1.29 is 4.79 Å². The molecule has 1 aromatic rings. The van der Waals surface area contributed by atoms with Crippen LogP contribution in [0, 0.1) is 0 Å². The SMILES string of the molecule is CCNC(=O)CC(CN)Nc1ccccc1. The summed E-state index contributed by atoms with van der Waals surface area (Å²) in [4.78, 5) is 11.4. The highest BCUT2D eigenvalue weighted by Crippen LogP contribution is 2.08. The van der Waals surface area contributed by atoms with E-state index in [0.717, 1.165) is 5.69 Å². The Morgan fingerprint density at radius 3 is 2.62 bits per heavy atom. The Morgan fingerprint density at radius 1 is 1.38 bits per heavy atom. The largest absolute Gasteiger partial charge is 0.381 e. The van der Waals surface area contributed by atoms with Crippen LogP contribution in [0.1, 0.15) is 13.3 Å². The molecule has 0 aromatic heterocycles. The van der Waals surface area contributed by atoms with Crippen molar-refractivity contribution in [2.45, 2.75) is 19.4 Å². The molecule has 0 saturated heterocycles. The lowest BCUT2D eigenvalue weighted by molar-refractivity contribution is -0.121. The summed E-state index contributed by atoms with van der Waals surface area (Å²) in [5, 5.41) is 5.99. The van der Waals surface area contributed by atoms with Crippen molar-refractivity contribution in [3.05, 3.63) is 30.3 Å². The van der Waals surface area contributed by atoms with E-state index in [9.17, 15) is 4.79 Å². The molecule has 16 heavy (non-hydrogen) atoms. The average molecular weight is 221 g/mol. The van der Waals surface area contributed by atoms with Crippen molar-refractivity contribution in [2.24, 2.45) is 5.73 Å². The molecule has 1 unspecified atom stereocenters. The molecular weight excluding hydrogens is 202 g/mol. The number of hydrogen-bond donors (Lipinski definition) is 3. The summed E-state index contributed by atoms with van der Waals surface area (Å²) in [6.07, 6.45) is 0.402. The van der Waals surface area contributed by atoms with Gasteiger partial charge in [0, 0.05) is 31.2 Å². The zero-order valence-electron chi connectivity index (χ0n) is 9.57. The Balaban J connectivity index is 2.46. The van der Waals surface area contributed by atoms with Crippen LogP contribution in [0.4, 0.5) is 5.69 Å². The number of benzene rings is 1. The zero-order chi connectivity index (χ0) is 11.8. The van der Waals surface area contributed by atoms with Crippen LogP contribution in [0.5, 0.6) is 0 Å². The summed E-state index contributed by atoms with van der Waals surface area (Å²) in [6, 6.07) is 9.74. The highest BCUT2D eigenvalue weighted by molar-refractivity contribution is 5.77. The number of hydrogen-bond acceptors (Lipinski definition) is 3. The molecule has 0 spiro atoms. The molecule has 4 N–H and O–H groups in total. The van der Waals surface area contributed by atoms with E-state index in [1.54, 1.807) is 0 Å². The maximum Gasteiger partial charge on any atom is 0.222 e. The molecule has 0 radical (unpaired) electrons. The molecule has 1 rings (SSSR count). The lowest BCUT2D eigenvalue weighted by Crippen LogP contribution is -2.35. The van der Waals surface area contributed by atoms with Crippen molar-refractivity contribution in [1.82, 2.24) is 5.32 Å². The number of carbonyl (C=O) groups is 1. The van der Waals surface area contributed by atoms with Crippen molar-refractivity contribution in [3.63, 3.8) is 0 Å². The molecule has 0 heterocycles. The standard InChI is InChI=1S/C12H19N3O/c1-2-14-12(16)8-11(9-13)15-10-6-4-3-5-7-10/h3-7,11,15H,2,8-9,13H2,1H3,(H,14,16). The van der Waals surface area contributed by atoms with Gasteiger partial charge in [0.2, 0.25) is 5.91 Å². The second-order valence-electron chi connectivity index (χ2n) is 3.60. The van der Waals surface area contributed by atoms with Crippen molar-refractivity contribution in [2.75, 3.05) is 18.4 Å². The predicted molar refractivity (Wildman–Crippen MR) is 66.2 cm³/mol. The maximum atomic E-state index is 11.4. The number of carbonyl (C=O) groups excluding carboxylic acids is 1. The normalized spacial score (nSPS) is 11.9. The number of para-hydroxylation sites is 1. The summed E-state index contributed by atoms with van der Waals surface area (Å²) in [6.45, 7) is 2.99. The lowest BCUT2D eigenvalue weighted by atomic mass is 10.2. The second-order valence-corrected chi connectivity index (χ2v) is 3.60. The quantitative estimate of drug-likeness (QED) is 0.670. The Bertz CT molecular complexity index is 313. The Kier molecular flexibility index (Phi) is 5.36. The summed E-state index contributed by atoms with van der Waals surface area (Å²) < 4.78 is 0. The van der Waals surface area contributed by atoms with Crippen LogP contribution in [0.2, 0.25) is 0 Å². The van der Waals surface area contributed by atoms with Gasteiger partial charge in [0.15, 0.2) is 0 Å². The molecule has 1 atom stereocenters. The smallest absolute Gasteiger partial charge is 0.222 e. The molecule has 0 aliphatic heterocycles. The minimum absolute atomic E-state index is 0.0195. The van der Waals surface area contributed by atoms with Gasteiger partial charge in [-0.1, -0.05) is 18.2 Å². The first-order chi connectivity index (χ1) is 7.76. The van der Waals surface area contributed by atoms with E-state index in [-0.39, 0.29) is 11.9 Å². The molecule has 0 aliphatic carbocycles. The Labute approximate surface area is 96.2 Å². The molecule has 1 amide bonds. The highest BCUT2D eigenvalue weighted by Gasteiger charge is 2.11. The van der Waals surface area contributed by atoms with Crippen LogP contribution in [0.3, 0.4) is 0 Å². The third-order valence-electron chi connectivity index (χ3n) is 2.23. The van der Waals surface area contributed by atoms with Crippen LogP contribution in [0.25, 0.3) is 0 Å². The minimum Gasteiger partial charge on any atom is -0.381 e. The van der Waals surface area contributed by atoms with E-state index in [0.29, 0.717) is 19.5 Å². The minimum atomic E-state index is -0.0195. The lowest BCUT2D eigenvalue weighted by Gasteiger charge is -2.17. The molecule has 1 aromatic carbocycles. The molecule has 4 nitrogen and oxygen atoms in total. The van der Waals surface area contributed by atoms with Gasteiger partial charge in [0.05, 0.1) is 0 Å². The summed E-state index contributed by atoms with van der Waals surface area (Å²) in [5.41, 5.74) is 6.61. The van der Waals surface area contributed by atoms with Crippen LogP contribution in [-0.4, -0.2) is 25.0 Å². The summed E-state index contributed by atoms with van der Waals surface area (Å²) >= 11 is 0. The molecule has 0 fully saturated rings. The number of nitrogens with two attached hydrogens (primary N) is 1. The number of nitrogens with one attached hydrogen (secondary N) is 2. The van der Waals surface area contributed by atoms with Gasteiger partial charge in [-0.15, -0.1) is 0 Å². The van der Waals surface area contributed by atoms with Gasteiger partial charge in [-0.05, 0) is 19.1 Å². The number of anilines is 1. The molecule has 0 aliphatic rings. The Hall–Kier alpha value is -1.55. The predicted octanol–water partition coefficient (Wildman–Crippen LogP) is 0.952. The van der Waals surface area contributed by atoms with E-state index in [1.165, 1.54) is 0 Å². The number of amides is 1. The molecule has 88 valence electrons. The van der Waals surface area contributed by atoms with Crippen LogP contribution < -0.4 is 16.4 Å². The van der Waals surface area contributed by atoms with Gasteiger partial charge in [-0.2, -0.15) is 0 Å². The Morgan fingerprint density at radius 2 is 2.06 bits per heavy atom. The molecule has 0 saturated carbocycles. The zero-order valence-corrected chi connectivity index (χ0v) is 9.57. The first kappa shape index (κ1) is 12.5. The molecule has 0 bridgehead atoms. The average Bonchev–Trinajstić information content (AvgIpc) is 2.30. The third-order valence-corrected chi connectivity index (χ3v) is 2.23. The fraction of sp³-hybridized carbons (Fsp3) is 0.417. The van der Waals surface area contributed by atoms with Gasteiger partial charge in [-0.25, -0.2) is 0 Å². The topological polar surface area (TPSA) is 67.2 Å². The van der Waals surface area contributed by atoms with Gasteiger partial charge >= 0.3 is 0 Å². The second kappa shape index (κ2) is 6.85. The van der Waals surface area contributed by atoms with Crippen molar-refractivity contribution in [1.29, 1.82) is 0 Å². The van der Waals surface area contributed by atoms with E-state index >= 15 is 0 Å². The monoisotopic (exact) mass is 221 g/mol. The maximum absolute atomic E-state index is 11.4. The van der Waals surface area contributed by atoms with Crippen molar-refractivity contribution >= 4 is 11.6 Å². The van der Waals surface area contributed by atoms with Crippen LogP contribution >= 0.6 is 0 Å². The van der Waals surface area contributed by atoms with Crippen LogP contribution in [0.15, 0.2) is 30.3 Å². The first-order valence-electron chi connectivity index (χ1n) is 5.54. The molecule has 4 heteroatoms. The summed E-state index contributed by atoms with van der Waals surface area (Å²) in [7, 11) is 0. The fourth-order valence-corrected chi connectivity index (χ4v) is 1.46. The summed E-state index contributed by atoms with van der Waals surface area (Å²) in [5.74, 6) is 0.0291. The van der Waals surface area contributed by atoms with Crippen molar-refractivity contribution in [3.8, 4) is 0 Å². The van der Waals surface area contributed by atoms with E-state index in [1.807, 2.05) is 37.3 Å². The van der Waals surface area contributed by atoms with E-state index < -0.39 is 0 Å². The van der Waals surface area contributed by atoms with Crippen LogP contribution in [-0.2, 0) is 4.79 Å². The molecular formula is C12H19N3O. The van der Waals surface area contributed by atoms with E-state index in [2.05, 4.69) is 10.6 Å².